The van der Waals surface area contributed by atoms with Gasteiger partial charge < -0.3 is 14.7 Å². The van der Waals surface area contributed by atoms with Crippen LogP contribution < -0.4 is 9.64 Å². The van der Waals surface area contributed by atoms with E-state index in [1.54, 1.807) is 6.07 Å². The minimum absolute atomic E-state index is 0.243. The van der Waals surface area contributed by atoms with E-state index in [9.17, 15) is 13.9 Å². The van der Waals surface area contributed by atoms with Crippen molar-refractivity contribution in [1.82, 2.24) is 4.90 Å². The molecule has 1 fully saturated rings. The van der Waals surface area contributed by atoms with E-state index >= 15 is 0 Å². The normalized spacial score (nSPS) is 16.7. The molecular formula is C19H22F2N2O2. The summed E-state index contributed by atoms with van der Waals surface area (Å²) in [5.41, 5.74) is 0.687. The van der Waals surface area contributed by atoms with E-state index in [2.05, 4.69) is 4.90 Å². The number of β-amino-alcohol motifs (C(OH)–C–C–N with tert-alkyl or cyclic N) is 1. The molecule has 0 unspecified atom stereocenters. The lowest BCUT2D eigenvalue weighted by Crippen LogP contribution is -2.49. The Hall–Kier alpha value is -2.18. The molecule has 2 aromatic rings. The molecule has 3 rings (SSSR count). The summed E-state index contributed by atoms with van der Waals surface area (Å²) >= 11 is 0. The van der Waals surface area contributed by atoms with Gasteiger partial charge in [0.1, 0.15) is 18.5 Å². The maximum absolute atomic E-state index is 13.3. The molecule has 1 aliphatic heterocycles. The van der Waals surface area contributed by atoms with Crippen LogP contribution in [0.4, 0.5) is 14.5 Å². The molecule has 1 N–H and O–H groups in total. The highest BCUT2D eigenvalue weighted by Gasteiger charge is 2.20. The average Bonchev–Trinajstić information content (AvgIpc) is 2.64. The van der Waals surface area contributed by atoms with Crippen LogP contribution in [0.15, 0.2) is 48.5 Å². The van der Waals surface area contributed by atoms with Gasteiger partial charge in [0.15, 0.2) is 11.6 Å². The number of benzene rings is 2. The van der Waals surface area contributed by atoms with Gasteiger partial charge in [-0.25, -0.2) is 8.78 Å². The van der Waals surface area contributed by atoms with E-state index in [0.29, 0.717) is 25.3 Å². The van der Waals surface area contributed by atoms with Crippen molar-refractivity contribution in [3.05, 3.63) is 60.2 Å². The number of hydrogen-bond acceptors (Lipinski definition) is 4. The Balaban J connectivity index is 1.43. The molecule has 0 aliphatic carbocycles. The third-order valence-electron chi connectivity index (χ3n) is 4.30. The number of ether oxygens (including phenoxy) is 1. The Morgan fingerprint density at radius 3 is 2.36 bits per heavy atom. The zero-order valence-electron chi connectivity index (χ0n) is 13.9. The van der Waals surface area contributed by atoms with Crippen LogP contribution in [0.3, 0.4) is 0 Å². The van der Waals surface area contributed by atoms with Gasteiger partial charge in [-0.15, -0.1) is 0 Å². The fourth-order valence-corrected chi connectivity index (χ4v) is 2.93. The van der Waals surface area contributed by atoms with Crippen LogP contribution in [0.5, 0.6) is 5.75 Å². The summed E-state index contributed by atoms with van der Waals surface area (Å²) in [6, 6.07) is 13.4. The zero-order valence-corrected chi connectivity index (χ0v) is 13.9. The Morgan fingerprint density at radius 1 is 0.960 bits per heavy atom. The average molecular weight is 348 g/mol. The number of halogens is 2. The number of aliphatic hydroxyl groups excluding tert-OH is 1. The van der Waals surface area contributed by atoms with Crippen molar-refractivity contribution in [1.29, 1.82) is 0 Å². The van der Waals surface area contributed by atoms with Gasteiger partial charge in [0.2, 0.25) is 0 Å². The standard InChI is InChI=1S/C19H22F2N2O2/c20-18-7-6-15(12-19(18)21)23-10-8-22(9-11-23)13-16(24)14-25-17-4-2-1-3-5-17/h1-7,12,16,24H,8-11,13-14H2/t16-/m0/s1. The summed E-state index contributed by atoms with van der Waals surface area (Å²) in [5, 5.41) is 10.1. The van der Waals surface area contributed by atoms with Gasteiger partial charge >= 0.3 is 0 Å². The molecule has 0 bridgehead atoms. The first-order valence-corrected chi connectivity index (χ1v) is 8.40. The van der Waals surface area contributed by atoms with Crippen molar-refractivity contribution in [2.24, 2.45) is 0 Å². The van der Waals surface area contributed by atoms with Crippen LogP contribution in [-0.2, 0) is 0 Å². The third kappa shape index (κ3) is 4.90. The third-order valence-corrected chi connectivity index (χ3v) is 4.30. The van der Waals surface area contributed by atoms with E-state index in [-0.39, 0.29) is 6.61 Å². The lowest BCUT2D eigenvalue weighted by atomic mass is 10.2. The van der Waals surface area contributed by atoms with Crippen LogP contribution >= 0.6 is 0 Å². The van der Waals surface area contributed by atoms with Gasteiger partial charge in [0.05, 0.1) is 0 Å². The van der Waals surface area contributed by atoms with Gasteiger partial charge in [-0.05, 0) is 24.3 Å². The number of aliphatic hydroxyl groups is 1. The number of anilines is 1. The van der Waals surface area contributed by atoms with Crippen molar-refractivity contribution < 1.29 is 18.6 Å². The van der Waals surface area contributed by atoms with Crippen molar-refractivity contribution in [3.8, 4) is 5.75 Å². The minimum Gasteiger partial charge on any atom is -0.491 e. The molecule has 1 atom stereocenters. The predicted molar refractivity (Wildman–Crippen MR) is 93.0 cm³/mol. The van der Waals surface area contributed by atoms with Crippen molar-refractivity contribution in [2.75, 3.05) is 44.2 Å². The molecule has 4 nitrogen and oxygen atoms in total. The molecule has 134 valence electrons. The molecule has 1 heterocycles. The van der Waals surface area contributed by atoms with Crippen molar-refractivity contribution in [2.45, 2.75) is 6.10 Å². The van der Waals surface area contributed by atoms with Gasteiger partial charge in [-0.1, -0.05) is 18.2 Å². The number of nitrogens with zero attached hydrogens (tertiary/aromatic N) is 2. The molecule has 0 amide bonds. The highest BCUT2D eigenvalue weighted by atomic mass is 19.2. The smallest absolute Gasteiger partial charge is 0.160 e. The number of rotatable bonds is 6. The maximum Gasteiger partial charge on any atom is 0.160 e. The van der Waals surface area contributed by atoms with Crippen LogP contribution in [0.2, 0.25) is 0 Å². The Labute approximate surface area is 146 Å². The summed E-state index contributed by atoms with van der Waals surface area (Å²) in [4.78, 5) is 4.17. The van der Waals surface area contributed by atoms with E-state index in [4.69, 9.17) is 4.74 Å². The summed E-state index contributed by atoms with van der Waals surface area (Å²) in [5.74, 6) is -0.915. The Bertz CT molecular complexity index is 676. The van der Waals surface area contributed by atoms with E-state index < -0.39 is 17.7 Å². The van der Waals surface area contributed by atoms with Crippen LogP contribution in [0.25, 0.3) is 0 Å². The van der Waals surface area contributed by atoms with Crippen LogP contribution in [0, 0.1) is 11.6 Å². The maximum atomic E-state index is 13.3. The molecule has 0 aromatic heterocycles. The zero-order chi connectivity index (χ0) is 17.6. The SMILES string of the molecule is O[C@H](COc1ccccc1)CN1CCN(c2ccc(F)c(F)c2)CC1. The van der Waals surface area contributed by atoms with Crippen LogP contribution in [0.1, 0.15) is 0 Å². The highest BCUT2D eigenvalue weighted by molar-refractivity contribution is 5.47. The van der Waals surface area contributed by atoms with E-state index in [0.717, 1.165) is 24.9 Å². The molecule has 1 aliphatic rings. The van der Waals surface area contributed by atoms with Gasteiger partial charge in [0.25, 0.3) is 0 Å². The first-order chi connectivity index (χ1) is 12.1. The summed E-state index contributed by atoms with van der Waals surface area (Å²) < 4.78 is 31.9. The number of para-hydroxylation sites is 1. The monoisotopic (exact) mass is 348 g/mol. The first-order valence-electron chi connectivity index (χ1n) is 8.40. The predicted octanol–water partition coefficient (Wildman–Crippen LogP) is 2.53. The molecule has 2 aromatic carbocycles. The Kier molecular flexibility index (Phi) is 5.83. The van der Waals surface area contributed by atoms with Gasteiger partial charge in [-0.3, -0.25) is 4.90 Å². The fourth-order valence-electron chi connectivity index (χ4n) is 2.93. The summed E-state index contributed by atoms with van der Waals surface area (Å²) in [6.07, 6.45) is -0.574. The number of piperazine rings is 1. The first kappa shape index (κ1) is 17.6. The van der Waals surface area contributed by atoms with Crippen molar-refractivity contribution >= 4 is 5.69 Å². The van der Waals surface area contributed by atoms with Gasteiger partial charge in [0, 0.05) is 44.5 Å². The molecule has 1 saturated heterocycles. The molecule has 25 heavy (non-hydrogen) atoms. The van der Waals surface area contributed by atoms with E-state index in [1.807, 2.05) is 35.2 Å². The summed E-state index contributed by atoms with van der Waals surface area (Å²) in [7, 11) is 0. The second-order valence-electron chi connectivity index (χ2n) is 6.16. The molecule has 0 spiro atoms. The number of hydrogen-bond donors (Lipinski definition) is 1. The Morgan fingerprint density at radius 2 is 1.68 bits per heavy atom. The molecule has 6 heteroatoms. The highest BCUT2D eigenvalue weighted by Crippen LogP contribution is 2.19. The molecule has 0 saturated carbocycles. The second-order valence-corrected chi connectivity index (χ2v) is 6.16. The minimum atomic E-state index is -0.830. The van der Waals surface area contributed by atoms with Crippen LogP contribution in [-0.4, -0.2) is 55.4 Å². The molecule has 0 radical (unpaired) electrons. The lowest BCUT2D eigenvalue weighted by Gasteiger charge is -2.36. The summed E-state index contributed by atoms with van der Waals surface area (Å²) in [6.45, 7) is 3.68. The fraction of sp³-hybridized carbons (Fsp3) is 0.368. The lowest BCUT2D eigenvalue weighted by molar-refractivity contribution is 0.0663. The van der Waals surface area contributed by atoms with Gasteiger partial charge in [-0.2, -0.15) is 0 Å². The topological polar surface area (TPSA) is 35.9 Å². The largest absolute Gasteiger partial charge is 0.491 e. The quantitative estimate of drug-likeness (QED) is 0.870. The molecular weight excluding hydrogens is 326 g/mol. The van der Waals surface area contributed by atoms with E-state index in [1.165, 1.54) is 6.07 Å². The van der Waals surface area contributed by atoms with Crippen molar-refractivity contribution in [3.63, 3.8) is 0 Å². The second kappa shape index (κ2) is 8.27.